The molecule has 0 amide bonds. The van der Waals surface area contributed by atoms with Gasteiger partial charge in [0.15, 0.2) is 0 Å². The fourth-order valence-corrected chi connectivity index (χ4v) is 0.429. The summed E-state index contributed by atoms with van der Waals surface area (Å²) in [5.74, 6) is 0. The summed E-state index contributed by atoms with van der Waals surface area (Å²) in [7, 11) is 0. The average molecular weight is 136 g/mol. The molecule has 4 heteroatoms. The third-order valence-corrected chi connectivity index (χ3v) is 1.08. The average Bonchev–Trinajstić information content (AvgIpc) is 1.84. The van der Waals surface area contributed by atoms with E-state index in [1.54, 1.807) is 0 Å². The molecule has 0 aliphatic carbocycles. The second kappa shape index (κ2) is 3.79. The lowest BCUT2D eigenvalue weighted by atomic mass is 10.1. The molecule has 0 bridgehead atoms. The Morgan fingerprint density at radius 3 is 1.78 bits per heavy atom. The van der Waals surface area contributed by atoms with Gasteiger partial charge in [-0.25, -0.2) is 0 Å². The third-order valence-electron chi connectivity index (χ3n) is 1.08. The Labute approximate surface area is 53.4 Å². The molecule has 0 unspecified atom stereocenters. The van der Waals surface area contributed by atoms with E-state index in [-0.39, 0.29) is 0 Å². The van der Waals surface area contributed by atoms with E-state index in [4.69, 9.17) is 20.4 Å². The van der Waals surface area contributed by atoms with Gasteiger partial charge < -0.3 is 20.4 Å². The lowest BCUT2D eigenvalue weighted by Crippen LogP contribution is -2.37. The van der Waals surface area contributed by atoms with Crippen LogP contribution in [0.1, 0.15) is 6.92 Å². The molecule has 4 N–H and O–H groups in total. The standard InChI is InChI=1S/C5H12O4/c1-3(7)5(9)4(8)2-6/h3-9H,2H2,1H3/t3-,4-,5-/m0/s1. The van der Waals surface area contributed by atoms with Crippen LogP contribution in [0.15, 0.2) is 0 Å². The highest BCUT2D eigenvalue weighted by atomic mass is 16.4. The Kier molecular flexibility index (Phi) is 3.72. The summed E-state index contributed by atoms with van der Waals surface area (Å²) >= 11 is 0. The van der Waals surface area contributed by atoms with Crippen molar-refractivity contribution in [3.8, 4) is 0 Å². The molecule has 0 aliphatic rings. The van der Waals surface area contributed by atoms with Gasteiger partial charge in [0.1, 0.15) is 12.2 Å². The summed E-state index contributed by atoms with van der Waals surface area (Å²) in [6.07, 6.45) is -3.51. The molecule has 0 fully saturated rings. The molecule has 0 aromatic carbocycles. The highest BCUT2D eigenvalue weighted by molar-refractivity contribution is 4.70. The quantitative estimate of drug-likeness (QED) is 0.364. The summed E-state index contributed by atoms with van der Waals surface area (Å²) in [5.41, 5.74) is 0. The van der Waals surface area contributed by atoms with E-state index >= 15 is 0 Å². The molecule has 3 atom stereocenters. The molecular formula is C5H12O4. The normalized spacial score (nSPS) is 21.0. The predicted molar refractivity (Wildman–Crippen MR) is 30.8 cm³/mol. The number of aliphatic hydroxyl groups is 4. The zero-order valence-corrected chi connectivity index (χ0v) is 5.23. The topological polar surface area (TPSA) is 80.9 Å². The lowest BCUT2D eigenvalue weighted by Gasteiger charge is -2.17. The largest absolute Gasteiger partial charge is 0.394 e. The van der Waals surface area contributed by atoms with Crippen LogP contribution in [-0.2, 0) is 0 Å². The zero-order chi connectivity index (χ0) is 7.44. The summed E-state index contributed by atoms with van der Waals surface area (Å²) in [5, 5.41) is 34.2. The van der Waals surface area contributed by atoms with Gasteiger partial charge in [0, 0.05) is 0 Å². The van der Waals surface area contributed by atoms with E-state index in [9.17, 15) is 0 Å². The van der Waals surface area contributed by atoms with Gasteiger partial charge in [0.2, 0.25) is 0 Å². The molecule has 0 aromatic rings. The Balaban J connectivity index is 3.58. The number of rotatable bonds is 3. The highest BCUT2D eigenvalue weighted by Crippen LogP contribution is 1.97. The smallest absolute Gasteiger partial charge is 0.108 e. The maximum atomic E-state index is 8.73. The van der Waals surface area contributed by atoms with Crippen LogP contribution in [0.5, 0.6) is 0 Å². The highest BCUT2D eigenvalue weighted by Gasteiger charge is 2.19. The second-order valence-electron chi connectivity index (χ2n) is 1.98. The van der Waals surface area contributed by atoms with Crippen molar-refractivity contribution in [2.24, 2.45) is 0 Å². The van der Waals surface area contributed by atoms with Crippen molar-refractivity contribution in [1.82, 2.24) is 0 Å². The fraction of sp³-hybridized carbons (Fsp3) is 1.00. The van der Waals surface area contributed by atoms with Crippen LogP contribution in [0, 0.1) is 0 Å². The van der Waals surface area contributed by atoms with Gasteiger partial charge in [-0.3, -0.25) is 0 Å². The first-order valence-corrected chi connectivity index (χ1v) is 2.74. The van der Waals surface area contributed by atoms with E-state index in [0.717, 1.165) is 0 Å². The van der Waals surface area contributed by atoms with Gasteiger partial charge in [-0.05, 0) is 6.92 Å². The van der Waals surface area contributed by atoms with Crippen LogP contribution in [0.4, 0.5) is 0 Å². The summed E-state index contributed by atoms with van der Waals surface area (Å²) in [4.78, 5) is 0. The fourth-order valence-electron chi connectivity index (χ4n) is 0.429. The van der Waals surface area contributed by atoms with Gasteiger partial charge in [-0.1, -0.05) is 0 Å². The Morgan fingerprint density at radius 2 is 1.67 bits per heavy atom. The molecule has 0 radical (unpaired) electrons. The summed E-state index contributed by atoms with van der Waals surface area (Å²) in [6.45, 7) is 0.801. The lowest BCUT2D eigenvalue weighted by molar-refractivity contribution is -0.0698. The van der Waals surface area contributed by atoms with Crippen LogP contribution < -0.4 is 0 Å². The van der Waals surface area contributed by atoms with Crippen molar-refractivity contribution >= 4 is 0 Å². The second-order valence-corrected chi connectivity index (χ2v) is 1.98. The van der Waals surface area contributed by atoms with Gasteiger partial charge in [-0.15, -0.1) is 0 Å². The van der Waals surface area contributed by atoms with Crippen molar-refractivity contribution in [2.75, 3.05) is 6.61 Å². The molecule has 0 saturated heterocycles. The molecule has 9 heavy (non-hydrogen) atoms. The molecule has 0 rings (SSSR count). The van der Waals surface area contributed by atoms with Crippen LogP contribution in [-0.4, -0.2) is 45.3 Å². The van der Waals surface area contributed by atoms with E-state index in [1.807, 2.05) is 0 Å². The predicted octanol–water partition coefficient (Wildman–Crippen LogP) is -1.92. The molecule has 4 nitrogen and oxygen atoms in total. The van der Waals surface area contributed by atoms with E-state index in [1.165, 1.54) is 6.92 Å². The molecule has 56 valence electrons. The van der Waals surface area contributed by atoms with Gasteiger partial charge in [0.05, 0.1) is 12.7 Å². The molecule has 0 aliphatic heterocycles. The monoisotopic (exact) mass is 136 g/mol. The van der Waals surface area contributed by atoms with Gasteiger partial charge >= 0.3 is 0 Å². The summed E-state index contributed by atoms with van der Waals surface area (Å²) in [6, 6.07) is 0. The minimum Gasteiger partial charge on any atom is -0.394 e. The number of hydrogen-bond donors (Lipinski definition) is 4. The first-order chi connectivity index (χ1) is 4.09. The maximum absolute atomic E-state index is 8.73. The van der Waals surface area contributed by atoms with Crippen molar-refractivity contribution in [3.05, 3.63) is 0 Å². The SMILES string of the molecule is C[C@H](O)[C@H](O)[C@@H](O)CO. The van der Waals surface area contributed by atoms with Crippen LogP contribution in [0.25, 0.3) is 0 Å². The molecular weight excluding hydrogens is 124 g/mol. The molecule has 0 spiro atoms. The minimum atomic E-state index is -1.25. The molecule has 0 heterocycles. The van der Waals surface area contributed by atoms with Crippen LogP contribution >= 0.6 is 0 Å². The van der Waals surface area contributed by atoms with Crippen LogP contribution in [0.2, 0.25) is 0 Å². The first-order valence-electron chi connectivity index (χ1n) is 2.74. The summed E-state index contributed by atoms with van der Waals surface area (Å²) < 4.78 is 0. The van der Waals surface area contributed by atoms with Gasteiger partial charge in [0.25, 0.3) is 0 Å². The molecule has 0 aromatic heterocycles. The van der Waals surface area contributed by atoms with E-state index in [0.29, 0.717) is 0 Å². The van der Waals surface area contributed by atoms with Crippen molar-refractivity contribution in [1.29, 1.82) is 0 Å². The van der Waals surface area contributed by atoms with Crippen molar-refractivity contribution in [2.45, 2.75) is 25.2 Å². The Hall–Kier alpha value is -0.160. The molecule has 0 saturated carbocycles. The third kappa shape index (κ3) is 2.76. The number of hydrogen-bond acceptors (Lipinski definition) is 4. The Bertz CT molecular complexity index is 73.4. The van der Waals surface area contributed by atoms with Gasteiger partial charge in [-0.2, -0.15) is 0 Å². The van der Waals surface area contributed by atoms with Crippen molar-refractivity contribution < 1.29 is 20.4 Å². The van der Waals surface area contributed by atoms with Crippen LogP contribution in [0.3, 0.4) is 0 Å². The van der Waals surface area contributed by atoms with E-state index in [2.05, 4.69) is 0 Å². The zero-order valence-electron chi connectivity index (χ0n) is 5.23. The Morgan fingerprint density at radius 1 is 1.22 bits per heavy atom. The maximum Gasteiger partial charge on any atom is 0.108 e. The number of aliphatic hydroxyl groups excluding tert-OH is 4. The first kappa shape index (κ1) is 8.84. The van der Waals surface area contributed by atoms with Crippen molar-refractivity contribution in [3.63, 3.8) is 0 Å². The minimum absolute atomic E-state index is 0.536. The van der Waals surface area contributed by atoms with E-state index < -0.39 is 24.9 Å².